The third-order valence-electron chi connectivity index (χ3n) is 4.56. The van der Waals surface area contributed by atoms with E-state index in [4.69, 9.17) is 11.6 Å². The van der Waals surface area contributed by atoms with E-state index in [0.717, 1.165) is 32.1 Å². The number of sulfonamides is 1. The predicted molar refractivity (Wildman–Crippen MR) is 101 cm³/mol. The van der Waals surface area contributed by atoms with Crippen molar-refractivity contribution in [1.29, 1.82) is 0 Å². The van der Waals surface area contributed by atoms with Crippen molar-refractivity contribution in [3.8, 4) is 0 Å². The summed E-state index contributed by atoms with van der Waals surface area (Å²) in [5, 5.41) is 0.165. The molecule has 0 atom stereocenters. The summed E-state index contributed by atoms with van der Waals surface area (Å²) in [6.07, 6.45) is 4.68. The van der Waals surface area contributed by atoms with Gasteiger partial charge in [-0.05, 0) is 44.4 Å². The largest absolute Gasteiger partial charge is 0.339 e. The molecular formula is C18H27ClN2O3S. The molecule has 1 aliphatic heterocycles. The maximum atomic E-state index is 12.9. The summed E-state index contributed by atoms with van der Waals surface area (Å²) in [5.74, 6) is -0.150. The number of rotatable bonds is 7. The summed E-state index contributed by atoms with van der Waals surface area (Å²) in [4.78, 5) is 14.5. The highest BCUT2D eigenvalue weighted by atomic mass is 35.5. The molecule has 7 heteroatoms. The minimum Gasteiger partial charge on any atom is -0.339 e. The lowest BCUT2D eigenvalue weighted by atomic mass is 10.2. The van der Waals surface area contributed by atoms with Gasteiger partial charge in [-0.3, -0.25) is 4.79 Å². The molecule has 2 rings (SSSR count). The zero-order valence-corrected chi connectivity index (χ0v) is 16.6. The molecule has 1 aliphatic rings. The van der Waals surface area contributed by atoms with Crippen molar-refractivity contribution in [2.24, 2.45) is 0 Å². The van der Waals surface area contributed by atoms with Crippen molar-refractivity contribution in [3.05, 3.63) is 28.8 Å². The molecule has 1 aromatic carbocycles. The monoisotopic (exact) mass is 386 g/mol. The van der Waals surface area contributed by atoms with Crippen LogP contribution in [0.2, 0.25) is 5.02 Å². The van der Waals surface area contributed by atoms with Gasteiger partial charge in [0, 0.05) is 31.7 Å². The first-order chi connectivity index (χ1) is 11.9. The molecule has 0 spiro atoms. The van der Waals surface area contributed by atoms with Gasteiger partial charge in [-0.2, -0.15) is 4.31 Å². The van der Waals surface area contributed by atoms with Crippen molar-refractivity contribution in [2.75, 3.05) is 26.2 Å². The van der Waals surface area contributed by atoms with E-state index >= 15 is 0 Å². The number of nitrogens with zero attached hydrogens (tertiary/aromatic N) is 2. The van der Waals surface area contributed by atoms with Crippen LogP contribution in [0.3, 0.4) is 0 Å². The van der Waals surface area contributed by atoms with Crippen LogP contribution >= 0.6 is 11.6 Å². The van der Waals surface area contributed by atoms with E-state index < -0.39 is 10.0 Å². The molecule has 1 fully saturated rings. The fourth-order valence-corrected chi connectivity index (χ4v) is 5.03. The second-order valence-corrected chi connectivity index (χ2v) is 8.66. The molecule has 0 aliphatic carbocycles. The Bertz CT molecular complexity index is 700. The van der Waals surface area contributed by atoms with Gasteiger partial charge in [-0.1, -0.05) is 31.4 Å². The second-order valence-electron chi connectivity index (χ2n) is 6.35. The van der Waals surface area contributed by atoms with Crippen LogP contribution in [0.15, 0.2) is 23.1 Å². The van der Waals surface area contributed by atoms with Gasteiger partial charge >= 0.3 is 0 Å². The van der Waals surface area contributed by atoms with Crippen LogP contribution in [0.1, 0.15) is 56.3 Å². The average molecular weight is 387 g/mol. The molecule has 0 bridgehead atoms. The lowest BCUT2D eigenvalue weighted by molar-refractivity contribution is 0.0762. The van der Waals surface area contributed by atoms with E-state index in [0.29, 0.717) is 31.7 Å². The average Bonchev–Trinajstić information content (AvgIpc) is 2.63. The van der Waals surface area contributed by atoms with Crippen molar-refractivity contribution in [1.82, 2.24) is 9.21 Å². The quantitative estimate of drug-likeness (QED) is 0.716. The van der Waals surface area contributed by atoms with E-state index in [9.17, 15) is 13.2 Å². The minimum absolute atomic E-state index is 0.0356. The first-order valence-corrected chi connectivity index (χ1v) is 10.8. The number of halogens is 1. The van der Waals surface area contributed by atoms with Gasteiger partial charge < -0.3 is 4.90 Å². The predicted octanol–water partition coefficient (Wildman–Crippen LogP) is 3.78. The van der Waals surface area contributed by atoms with Crippen LogP contribution in [0.4, 0.5) is 0 Å². The van der Waals surface area contributed by atoms with Gasteiger partial charge in [-0.25, -0.2) is 8.42 Å². The highest BCUT2D eigenvalue weighted by Crippen LogP contribution is 2.28. The van der Waals surface area contributed by atoms with Gasteiger partial charge in [0.2, 0.25) is 10.0 Å². The Hall–Kier alpha value is -1.11. The smallest absolute Gasteiger partial charge is 0.253 e. The van der Waals surface area contributed by atoms with Crippen LogP contribution in [0, 0.1) is 0 Å². The van der Waals surface area contributed by atoms with Gasteiger partial charge in [0.25, 0.3) is 5.91 Å². The summed E-state index contributed by atoms with van der Waals surface area (Å²) in [6, 6.07) is 4.55. The van der Waals surface area contributed by atoms with Gasteiger partial charge in [0.1, 0.15) is 4.90 Å². The fourth-order valence-electron chi connectivity index (χ4n) is 3.01. The van der Waals surface area contributed by atoms with Gasteiger partial charge in [0.05, 0.1) is 5.02 Å². The van der Waals surface area contributed by atoms with Crippen molar-refractivity contribution >= 4 is 27.5 Å². The normalized spacial score (nSPS) is 16.0. The number of carbonyl (C=O) groups excluding carboxylic acids is 1. The Morgan fingerprint density at radius 2 is 1.88 bits per heavy atom. The van der Waals surface area contributed by atoms with Crippen LogP contribution < -0.4 is 0 Å². The van der Waals surface area contributed by atoms with Crippen LogP contribution in [0.25, 0.3) is 0 Å². The fraction of sp³-hybridized carbons (Fsp3) is 0.611. The molecule has 1 aromatic rings. The molecule has 1 saturated heterocycles. The number of benzene rings is 1. The summed E-state index contributed by atoms with van der Waals surface area (Å²) in [7, 11) is -3.67. The molecule has 0 saturated carbocycles. The number of hydrogen-bond donors (Lipinski definition) is 0. The molecule has 1 amide bonds. The van der Waals surface area contributed by atoms with Crippen LogP contribution in [-0.2, 0) is 10.0 Å². The van der Waals surface area contributed by atoms with Crippen LogP contribution in [0.5, 0.6) is 0 Å². The molecular weight excluding hydrogens is 360 g/mol. The maximum Gasteiger partial charge on any atom is 0.253 e. The number of carbonyl (C=O) groups is 1. The number of piperidine rings is 1. The number of hydrogen-bond acceptors (Lipinski definition) is 3. The number of amides is 1. The zero-order chi connectivity index (χ0) is 18.4. The van der Waals surface area contributed by atoms with Crippen molar-refractivity contribution in [2.45, 2.75) is 50.8 Å². The molecule has 0 radical (unpaired) electrons. The van der Waals surface area contributed by atoms with E-state index in [1.54, 1.807) is 11.0 Å². The highest BCUT2D eigenvalue weighted by molar-refractivity contribution is 7.89. The van der Waals surface area contributed by atoms with E-state index in [-0.39, 0.29) is 15.8 Å². The number of unbranched alkanes of at least 4 members (excludes halogenated alkanes) is 1. The lowest BCUT2D eigenvalue weighted by Gasteiger charge is -2.26. The van der Waals surface area contributed by atoms with Crippen molar-refractivity contribution in [3.63, 3.8) is 0 Å². The first kappa shape index (κ1) is 20.2. The Morgan fingerprint density at radius 1 is 1.20 bits per heavy atom. The summed E-state index contributed by atoms with van der Waals surface area (Å²) in [5.41, 5.74) is 0.373. The Balaban J connectivity index is 2.31. The minimum atomic E-state index is -3.67. The standard InChI is InChI=1S/C18H27ClN2O3S/c1-3-5-11-20(4-2)18(22)15-9-10-16(19)17(14-15)25(23,24)21-12-7-6-8-13-21/h9-10,14H,3-8,11-13H2,1-2H3. The van der Waals surface area contributed by atoms with E-state index in [1.165, 1.54) is 16.4 Å². The SMILES string of the molecule is CCCCN(CC)C(=O)c1ccc(Cl)c(S(=O)(=O)N2CCCCC2)c1. The van der Waals surface area contributed by atoms with Gasteiger partial charge in [0.15, 0.2) is 0 Å². The van der Waals surface area contributed by atoms with E-state index in [2.05, 4.69) is 6.92 Å². The summed E-state index contributed by atoms with van der Waals surface area (Å²) < 4.78 is 27.3. The van der Waals surface area contributed by atoms with Gasteiger partial charge in [-0.15, -0.1) is 0 Å². The summed E-state index contributed by atoms with van der Waals surface area (Å²) in [6.45, 7) is 6.28. The first-order valence-electron chi connectivity index (χ1n) is 9.00. The maximum absolute atomic E-state index is 12.9. The Labute approximate surface area is 156 Å². The third kappa shape index (κ3) is 4.74. The van der Waals surface area contributed by atoms with Crippen molar-refractivity contribution < 1.29 is 13.2 Å². The molecule has 25 heavy (non-hydrogen) atoms. The molecule has 5 nitrogen and oxygen atoms in total. The van der Waals surface area contributed by atoms with Crippen LogP contribution in [-0.4, -0.2) is 49.7 Å². The molecule has 1 heterocycles. The molecule has 0 unspecified atom stereocenters. The topological polar surface area (TPSA) is 57.7 Å². The molecule has 0 N–H and O–H groups in total. The zero-order valence-electron chi connectivity index (χ0n) is 15.0. The lowest BCUT2D eigenvalue weighted by Crippen LogP contribution is -2.36. The Kier molecular flexibility index (Phi) is 7.28. The molecule has 140 valence electrons. The molecule has 0 aromatic heterocycles. The third-order valence-corrected chi connectivity index (χ3v) is 6.94. The van der Waals surface area contributed by atoms with E-state index in [1.807, 2.05) is 6.92 Å². The second kappa shape index (κ2) is 9.01. The summed E-state index contributed by atoms with van der Waals surface area (Å²) >= 11 is 6.17. The highest BCUT2D eigenvalue weighted by Gasteiger charge is 2.29. The Morgan fingerprint density at radius 3 is 2.48 bits per heavy atom.